The third-order valence-corrected chi connectivity index (χ3v) is 7.06. The molecule has 0 amide bonds. The van der Waals surface area contributed by atoms with Gasteiger partial charge in [-0.2, -0.15) is 8.42 Å². The minimum absolute atomic E-state index is 0.218. The zero-order valence-electron chi connectivity index (χ0n) is 22.2. The van der Waals surface area contributed by atoms with E-state index in [-0.39, 0.29) is 13.2 Å². The molecule has 0 saturated heterocycles. The largest absolute Gasteiger partial charge is 0.399 e. The Kier molecular flexibility index (Phi) is 26.3. The fraction of sp³-hybridized carbons (Fsp3) is 1.00. The third kappa shape index (κ3) is 26.2. The maximum Gasteiger partial charge on any atom is 0.399 e. The normalized spacial score (nSPS) is 11.9. The lowest BCUT2D eigenvalue weighted by atomic mass is 10.0. The standard InChI is InChI=1S/C23H50NO2.C2H6O4S/c1-3-4-5-6-7-8-9-10-11-12-13-14-15-16-17-18-19-24(2,20-22-25)21-23-26;1-5-7(3,4)6-2/h25-26H,3-23H2,1-2H3;1-2H3/q+1;. The molecule has 0 saturated carbocycles. The van der Waals surface area contributed by atoms with Gasteiger partial charge in [0.2, 0.25) is 0 Å². The van der Waals surface area contributed by atoms with Crippen molar-refractivity contribution < 1.29 is 31.5 Å². The Balaban J connectivity index is 0. The van der Waals surface area contributed by atoms with Crippen molar-refractivity contribution in [3.05, 3.63) is 0 Å². The maximum absolute atomic E-state index is 9.92. The second-order valence-electron chi connectivity index (χ2n) is 9.28. The molecule has 0 aromatic rings. The summed E-state index contributed by atoms with van der Waals surface area (Å²) in [7, 11) is 0.546. The van der Waals surface area contributed by atoms with Crippen LogP contribution in [-0.4, -0.2) is 77.2 Å². The number of hydrogen-bond acceptors (Lipinski definition) is 6. The van der Waals surface area contributed by atoms with Crippen molar-refractivity contribution in [1.82, 2.24) is 0 Å². The first-order valence-electron chi connectivity index (χ1n) is 13.2. The third-order valence-electron chi connectivity index (χ3n) is 6.24. The molecule has 0 atom stereocenters. The lowest BCUT2D eigenvalue weighted by Gasteiger charge is -2.33. The first kappa shape index (κ1) is 34.9. The Morgan fingerprint density at radius 1 is 0.576 bits per heavy atom. The Labute approximate surface area is 205 Å². The van der Waals surface area contributed by atoms with Crippen molar-refractivity contribution in [3.8, 4) is 0 Å². The Morgan fingerprint density at radius 2 is 0.879 bits per heavy atom. The molecule has 8 heteroatoms. The van der Waals surface area contributed by atoms with Crippen molar-refractivity contribution in [3.63, 3.8) is 0 Å². The van der Waals surface area contributed by atoms with Crippen molar-refractivity contribution in [2.75, 3.05) is 54.1 Å². The zero-order valence-corrected chi connectivity index (χ0v) is 23.0. The SMILES string of the molecule is CCCCCCCCCCCCCCCCCC[N+](C)(CCO)CCO.COS(=O)(=O)OC. The molecule has 7 nitrogen and oxygen atoms in total. The average molecular weight is 499 g/mol. The van der Waals surface area contributed by atoms with Gasteiger partial charge in [0.25, 0.3) is 0 Å². The van der Waals surface area contributed by atoms with Crippen LogP contribution in [0.3, 0.4) is 0 Å². The van der Waals surface area contributed by atoms with Gasteiger partial charge in [-0.1, -0.05) is 96.8 Å². The van der Waals surface area contributed by atoms with Crippen LogP contribution in [-0.2, 0) is 18.8 Å². The van der Waals surface area contributed by atoms with Crippen molar-refractivity contribution in [2.45, 2.75) is 110 Å². The predicted octanol–water partition coefficient (Wildman–Crippen LogP) is 5.20. The first-order valence-corrected chi connectivity index (χ1v) is 14.6. The van der Waals surface area contributed by atoms with Crippen LogP contribution >= 0.6 is 0 Å². The van der Waals surface area contributed by atoms with Gasteiger partial charge in [-0.25, -0.2) is 0 Å². The molecule has 0 heterocycles. The molecule has 0 bridgehead atoms. The Morgan fingerprint density at radius 3 is 1.12 bits per heavy atom. The molecule has 0 aliphatic carbocycles. The van der Waals surface area contributed by atoms with Crippen LogP contribution in [0.5, 0.6) is 0 Å². The molecule has 0 rings (SSSR count). The number of quaternary nitrogens is 1. The van der Waals surface area contributed by atoms with Crippen molar-refractivity contribution >= 4 is 10.4 Å². The van der Waals surface area contributed by atoms with Crippen LogP contribution in [0.25, 0.3) is 0 Å². The smallest absolute Gasteiger partial charge is 0.391 e. The summed E-state index contributed by atoms with van der Waals surface area (Å²) in [6.45, 7) is 5.33. The summed E-state index contributed by atoms with van der Waals surface area (Å²) in [5.74, 6) is 0. The van der Waals surface area contributed by atoms with Gasteiger partial charge >= 0.3 is 10.4 Å². The number of rotatable bonds is 23. The summed E-state index contributed by atoms with van der Waals surface area (Å²) in [6.07, 6.45) is 22.4. The van der Waals surface area contributed by atoms with Gasteiger partial charge in [0.05, 0.1) is 41.0 Å². The van der Waals surface area contributed by atoms with Gasteiger partial charge in [-0.05, 0) is 12.8 Å². The van der Waals surface area contributed by atoms with Crippen LogP contribution in [0.15, 0.2) is 0 Å². The molecule has 33 heavy (non-hydrogen) atoms. The van der Waals surface area contributed by atoms with Crippen LogP contribution in [0.2, 0.25) is 0 Å². The second-order valence-corrected chi connectivity index (χ2v) is 10.8. The summed E-state index contributed by atoms with van der Waals surface area (Å²) < 4.78 is 28.3. The van der Waals surface area contributed by atoms with E-state index in [1.165, 1.54) is 103 Å². The minimum Gasteiger partial charge on any atom is -0.391 e. The molecular weight excluding hydrogens is 442 g/mol. The molecular formula is C25H56NO6S+. The fourth-order valence-corrected chi connectivity index (χ4v) is 4.06. The number of nitrogens with zero attached hydrogens (tertiary/aromatic N) is 1. The highest BCUT2D eigenvalue weighted by Gasteiger charge is 2.19. The van der Waals surface area contributed by atoms with E-state index in [1.54, 1.807) is 0 Å². The monoisotopic (exact) mass is 498 g/mol. The van der Waals surface area contributed by atoms with E-state index >= 15 is 0 Å². The zero-order chi connectivity index (χ0) is 25.3. The van der Waals surface area contributed by atoms with E-state index < -0.39 is 10.4 Å². The molecule has 0 unspecified atom stereocenters. The van der Waals surface area contributed by atoms with Crippen LogP contribution in [0.4, 0.5) is 0 Å². The van der Waals surface area contributed by atoms with E-state index in [1.807, 2.05) is 0 Å². The molecule has 0 aromatic carbocycles. The number of hydrogen-bond donors (Lipinski definition) is 2. The van der Waals surface area contributed by atoms with Gasteiger partial charge < -0.3 is 14.7 Å². The number of aliphatic hydroxyl groups excluding tert-OH is 2. The molecule has 0 fully saturated rings. The molecule has 2 N–H and O–H groups in total. The number of likely N-dealkylation sites (N-methyl/N-ethyl adjacent to an activating group) is 1. The van der Waals surface area contributed by atoms with E-state index in [4.69, 9.17) is 10.2 Å². The molecule has 0 spiro atoms. The summed E-state index contributed by atoms with van der Waals surface area (Å²) in [4.78, 5) is 0. The summed E-state index contributed by atoms with van der Waals surface area (Å²) in [6, 6.07) is 0. The lowest BCUT2D eigenvalue weighted by molar-refractivity contribution is -0.910. The first-order chi connectivity index (χ1) is 15.8. The average Bonchev–Trinajstić information content (AvgIpc) is 2.79. The van der Waals surface area contributed by atoms with Crippen LogP contribution in [0, 0.1) is 0 Å². The molecule has 0 aliphatic rings. The summed E-state index contributed by atoms with van der Waals surface area (Å²) >= 11 is 0. The predicted molar refractivity (Wildman–Crippen MR) is 137 cm³/mol. The highest BCUT2D eigenvalue weighted by Crippen LogP contribution is 2.14. The summed E-state index contributed by atoms with van der Waals surface area (Å²) in [5.41, 5.74) is 0. The molecule has 202 valence electrons. The van der Waals surface area contributed by atoms with E-state index in [0.29, 0.717) is 0 Å². The highest BCUT2D eigenvalue weighted by molar-refractivity contribution is 7.81. The highest BCUT2D eigenvalue weighted by atomic mass is 32.3. The molecule has 0 aliphatic heterocycles. The Hall–Kier alpha value is -0.250. The Bertz CT molecular complexity index is 471. The maximum atomic E-state index is 9.92. The van der Waals surface area contributed by atoms with Crippen molar-refractivity contribution in [2.24, 2.45) is 0 Å². The molecule has 0 aromatic heterocycles. The fourth-order valence-electron chi connectivity index (χ4n) is 3.93. The van der Waals surface area contributed by atoms with Crippen molar-refractivity contribution in [1.29, 1.82) is 0 Å². The van der Waals surface area contributed by atoms with E-state index in [0.717, 1.165) is 38.3 Å². The van der Waals surface area contributed by atoms with Crippen LogP contribution < -0.4 is 0 Å². The second kappa shape index (κ2) is 24.9. The van der Waals surface area contributed by atoms with E-state index in [2.05, 4.69) is 22.3 Å². The quantitative estimate of drug-likeness (QED) is 0.148. The van der Waals surface area contributed by atoms with Gasteiger partial charge in [0.1, 0.15) is 13.1 Å². The topological polar surface area (TPSA) is 93.1 Å². The number of aliphatic hydroxyl groups is 2. The number of unbranched alkanes of at least 4 members (excludes halogenated alkanes) is 15. The minimum atomic E-state index is -3.66. The lowest BCUT2D eigenvalue weighted by Crippen LogP contribution is -2.48. The molecule has 0 radical (unpaired) electrons. The van der Waals surface area contributed by atoms with Gasteiger partial charge in [0.15, 0.2) is 0 Å². The van der Waals surface area contributed by atoms with Crippen LogP contribution in [0.1, 0.15) is 110 Å². The van der Waals surface area contributed by atoms with Gasteiger partial charge in [-0.3, -0.25) is 8.37 Å². The summed E-state index contributed by atoms with van der Waals surface area (Å²) in [5, 5.41) is 18.3. The van der Waals surface area contributed by atoms with Gasteiger partial charge in [-0.15, -0.1) is 0 Å². The van der Waals surface area contributed by atoms with Gasteiger partial charge in [0, 0.05) is 0 Å². The van der Waals surface area contributed by atoms with E-state index in [9.17, 15) is 8.42 Å².